The number of aliphatic hydroxyl groups is 1. The molecule has 0 saturated carbocycles. The van der Waals surface area contributed by atoms with E-state index in [1.165, 1.54) is 5.56 Å². The van der Waals surface area contributed by atoms with Crippen LogP contribution >= 0.6 is 11.6 Å². The van der Waals surface area contributed by atoms with E-state index >= 15 is 0 Å². The first-order valence-corrected chi connectivity index (χ1v) is 7.95. The molecule has 116 valence electrons. The maximum absolute atomic E-state index is 12.0. The van der Waals surface area contributed by atoms with Crippen molar-refractivity contribution in [3.05, 3.63) is 34.9 Å². The van der Waals surface area contributed by atoms with Gasteiger partial charge in [0.25, 0.3) is 0 Å². The molecular formula is C16H23ClN2O2. The van der Waals surface area contributed by atoms with E-state index in [0.29, 0.717) is 13.1 Å². The first kappa shape index (κ1) is 16.1. The zero-order chi connectivity index (χ0) is 15.1. The minimum Gasteiger partial charge on any atom is -0.396 e. The highest BCUT2D eigenvalue weighted by Crippen LogP contribution is 2.15. The van der Waals surface area contributed by atoms with Crippen LogP contribution < -0.4 is 5.32 Å². The molecule has 1 unspecified atom stereocenters. The zero-order valence-electron chi connectivity index (χ0n) is 12.2. The lowest BCUT2D eigenvalue weighted by Gasteiger charge is -2.31. The van der Waals surface area contributed by atoms with Gasteiger partial charge in [-0.25, -0.2) is 4.79 Å². The molecule has 1 fully saturated rings. The number of carbonyl (C=O) groups excluding carboxylic acids is 1. The Morgan fingerprint density at radius 2 is 2.14 bits per heavy atom. The Morgan fingerprint density at radius 3 is 2.86 bits per heavy atom. The summed E-state index contributed by atoms with van der Waals surface area (Å²) in [5.41, 5.74) is 1.23. The average Bonchev–Trinajstić information content (AvgIpc) is 2.53. The van der Waals surface area contributed by atoms with E-state index in [1.807, 2.05) is 29.2 Å². The maximum Gasteiger partial charge on any atom is 0.317 e. The number of carbonyl (C=O) groups is 1. The van der Waals surface area contributed by atoms with Gasteiger partial charge in [-0.05, 0) is 49.3 Å². The lowest BCUT2D eigenvalue weighted by Crippen LogP contribution is -2.46. The molecule has 2 N–H and O–H groups in total. The molecular weight excluding hydrogens is 288 g/mol. The number of benzene rings is 1. The van der Waals surface area contributed by atoms with Crippen LogP contribution in [0, 0.1) is 5.92 Å². The van der Waals surface area contributed by atoms with Crippen LogP contribution in [0.3, 0.4) is 0 Å². The molecule has 21 heavy (non-hydrogen) atoms. The first-order chi connectivity index (χ1) is 10.2. The van der Waals surface area contributed by atoms with Crippen LogP contribution in [0.15, 0.2) is 24.3 Å². The molecule has 1 aliphatic rings. The molecule has 0 spiro atoms. The highest BCUT2D eigenvalue weighted by atomic mass is 35.5. The Hall–Kier alpha value is -1.26. The van der Waals surface area contributed by atoms with Crippen LogP contribution in [0.2, 0.25) is 5.02 Å². The third-order valence-corrected chi connectivity index (χ3v) is 4.15. The molecule has 1 aliphatic heterocycles. The van der Waals surface area contributed by atoms with E-state index in [-0.39, 0.29) is 18.6 Å². The summed E-state index contributed by atoms with van der Waals surface area (Å²) in [7, 11) is 0. The van der Waals surface area contributed by atoms with Crippen molar-refractivity contribution in [2.75, 3.05) is 26.2 Å². The number of urea groups is 1. The molecule has 2 amide bonds. The third-order valence-electron chi connectivity index (χ3n) is 3.90. The first-order valence-electron chi connectivity index (χ1n) is 7.57. The van der Waals surface area contributed by atoms with Crippen molar-refractivity contribution in [1.82, 2.24) is 10.2 Å². The molecule has 0 aromatic heterocycles. The van der Waals surface area contributed by atoms with Gasteiger partial charge in [0.2, 0.25) is 0 Å². The highest BCUT2D eigenvalue weighted by Gasteiger charge is 2.22. The van der Waals surface area contributed by atoms with Crippen LogP contribution in [0.25, 0.3) is 0 Å². The van der Waals surface area contributed by atoms with Gasteiger partial charge < -0.3 is 15.3 Å². The molecule has 0 aliphatic carbocycles. The number of rotatable bonds is 5. The van der Waals surface area contributed by atoms with E-state index in [1.54, 1.807) is 0 Å². The third kappa shape index (κ3) is 5.21. The summed E-state index contributed by atoms with van der Waals surface area (Å²) in [4.78, 5) is 13.8. The number of aliphatic hydroxyl groups excluding tert-OH is 1. The minimum atomic E-state index is -0.00995. The van der Waals surface area contributed by atoms with E-state index in [2.05, 4.69) is 5.32 Å². The van der Waals surface area contributed by atoms with Gasteiger partial charge in [-0.1, -0.05) is 23.7 Å². The van der Waals surface area contributed by atoms with E-state index in [9.17, 15) is 9.90 Å². The van der Waals surface area contributed by atoms with E-state index < -0.39 is 0 Å². The normalized spacial score (nSPS) is 18.6. The van der Waals surface area contributed by atoms with Gasteiger partial charge in [-0.2, -0.15) is 0 Å². The number of aryl methyl sites for hydroxylation is 1. The number of likely N-dealkylation sites (tertiary alicyclic amines) is 1. The molecule has 1 aromatic rings. The van der Waals surface area contributed by atoms with Crippen molar-refractivity contribution in [3.8, 4) is 0 Å². The van der Waals surface area contributed by atoms with Gasteiger partial charge in [-0.3, -0.25) is 0 Å². The molecule has 1 aromatic carbocycles. The second kappa shape index (κ2) is 8.25. The number of amides is 2. The van der Waals surface area contributed by atoms with Gasteiger partial charge in [0.1, 0.15) is 0 Å². The summed E-state index contributed by atoms with van der Waals surface area (Å²) in [6.45, 7) is 2.29. The van der Waals surface area contributed by atoms with Crippen molar-refractivity contribution in [3.63, 3.8) is 0 Å². The van der Waals surface area contributed by atoms with Crippen molar-refractivity contribution in [1.29, 1.82) is 0 Å². The Labute approximate surface area is 131 Å². The fourth-order valence-electron chi connectivity index (χ4n) is 2.65. The summed E-state index contributed by atoms with van der Waals surface area (Å²) in [6.07, 6.45) is 3.82. The van der Waals surface area contributed by atoms with Crippen molar-refractivity contribution in [2.45, 2.75) is 25.7 Å². The SMILES string of the molecule is O=C(NCCCc1ccc(Cl)cc1)N1CCCC(CO)C1. The largest absolute Gasteiger partial charge is 0.396 e. The minimum absolute atomic E-state index is 0.00995. The number of halogens is 1. The lowest BCUT2D eigenvalue weighted by molar-refractivity contribution is 0.129. The van der Waals surface area contributed by atoms with Gasteiger partial charge in [0, 0.05) is 31.3 Å². The van der Waals surface area contributed by atoms with Crippen molar-refractivity contribution in [2.24, 2.45) is 5.92 Å². The van der Waals surface area contributed by atoms with Gasteiger partial charge in [0.05, 0.1) is 0 Å². The fraction of sp³-hybridized carbons (Fsp3) is 0.562. The number of nitrogens with one attached hydrogen (secondary N) is 1. The molecule has 5 heteroatoms. The van der Waals surface area contributed by atoms with Gasteiger partial charge >= 0.3 is 6.03 Å². The predicted molar refractivity (Wildman–Crippen MR) is 84.6 cm³/mol. The molecule has 4 nitrogen and oxygen atoms in total. The number of hydrogen-bond donors (Lipinski definition) is 2. The highest BCUT2D eigenvalue weighted by molar-refractivity contribution is 6.30. The Kier molecular flexibility index (Phi) is 6.33. The topological polar surface area (TPSA) is 52.6 Å². The monoisotopic (exact) mass is 310 g/mol. The molecule has 1 saturated heterocycles. The average molecular weight is 311 g/mol. The van der Waals surface area contributed by atoms with Gasteiger partial charge in [-0.15, -0.1) is 0 Å². The summed E-state index contributed by atoms with van der Waals surface area (Å²) in [5.74, 6) is 0.235. The van der Waals surface area contributed by atoms with Crippen LogP contribution in [0.4, 0.5) is 4.79 Å². The van der Waals surface area contributed by atoms with Crippen LogP contribution in [0.5, 0.6) is 0 Å². The second-order valence-electron chi connectivity index (χ2n) is 5.60. The molecule has 2 rings (SSSR count). The molecule has 1 atom stereocenters. The van der Waals surface area contributed by atoms with Crippen LogP contribution in [-0.4, -0.2) is 42.3 Å². The summed E-state index contributed by atoms with van der Waals surface area (Å²) in [6, 6.07) is 7.79. The van der Waals surface area contributed by atoms with E-state index in [4.69, 9.17) is 11.6 Å². The summed E-state index contributed by atoms with van der Waals surface area (Å²) < 4.78 is 0. The van der Waals surface area contributed by atoms with Crippen molar-refractivity contribution >= 4 is 17.6 Å². The number of nitrogens with zero attached hydrogens (tertiary/aromatic N) is 1. The lowest BCUT2D eigenvalue weighted by atomic mass is 9.99. The van der Waals surface area contributed by atoms with Crippen LogP contribution in [-0.2, 0) is 6.42 Å². The Bertz CT molecular complexity index is 450. The Morgan fingerprint density at radius 1 is 1.38 bits per heavy atom. The summed E-state index contributed by atoms with van der Waals surface area (Å²) in [5, 5.41) is 12.9. The molecule has 1 heterocycles. The smallest absolute Gasteiger partial charge is 0.317 e. The van der Waals surface area contributed by atoms with Crippen LogP contribution in [0.1, 0.15) is 24.8 Å². The Balaban J connectivity index is 1.66. The maximum atomic E-state index is 12.0. The fourth-order valence-corrected chi connectivity index (χ4v) is 2.78. The zero-order valence-corrected chi connectivity index (χ0v) is 13.0. The molecule has 0 bridgehead atoms. The summed E-state index contributed by atoms with van der Waals surface area (Å²) >= 11 is 5.84. The standard InChI is InChI=1S/C16H23ClN2O2/c17-15-7-5-13(6-8-15)3-1-9-18-16(21)19-10-2-4-14(11-19)12-20/h5-8,14,20H,1-4,9-12H2,(H,18,21). The van der Waals surface area contributed by atoms with Gasteiger partial charge in [0.15, 0.2) is 0 Å². The quantitative estimate of drug-likeness (QED) is 0.822. The molecule has 0 radical (unpaired) electrons. The van der Waals surface area contributed by atoms with Crippen molar-refractivity contribution < 1.29 is 9.90 Å². The predicted octanol–water partition coefficient (Wildman–Crippen LogP) is 2.69. The number of hydrogen-bond acceptors (Lipinski definition) is 2. The second-order valence-corrected chi connectivity index (χ2v) is 6.04. The van der Waals surface area contributed by atoms with E-state index in [0.717, 1.165) is 37.3 Å². The number of piperidine rings is 1.